The van der Waals surface area contributed by atoms with Crippen LogP contribution in [0.1, 0.15) is 61.3 Å². The highest BCUT2D eigenvalue weighted by molar-refractivity contribution is 7.99. The van der Waals surface area contributed by atoms with Crippen molar-refractivity contribution < 1.29 is 0 Å². The van der Waals surface area contributed by atoms with E-state index in [1.165, 1.54) is 30.4 Å². The molecule has 1 saturated carbocycles. The second-order valence-corrected chi connectivity index (χ2v) is 10.9. The zero-order valence-electron chi connectivity index (χ0n) is 19.7. The molecule has 0 unspecified atom stereocenters. The molecule has 0 radical (unpaired) electrons. The Labute approximate surface area is 201 Å². The van der Waals surface area contributed by atoms with Crippen LogP contribution in [0.3, 0.4) is 0 Å². The first-order chi connectivity index (χ1) is 16.0. The Balaban J connectivity index is 1.72. The number of aromatic nitrogens is 2. The van der Waals surface area contributed by atoms with Crippen LogP contribution in [0.5, 0.6) is 0 Å². The lowest BCUT2D eigenvalue weighted by Gasteiger charge is -2.42. The third-order valence-electron chi connectivity index (χ3n) is 7.19. The molecule has 3 nitrogen and oxygen atoms in total. The first kappa shape index (κ1) is 22.2. The Morgan fingerprint density at radius 2 is 1.82 bits per heavy atom. The molecule has 0 N–H and O–H groups in total. The minimum Gasteiger partial charge on any atom is -0.283 e. The predicted octanol–water partition coefficient (Wildman–Crippen LogP) is 6.69. The van der Waals surface area contributed by atoms with Crippen LogP contribution in [0, 0.1) is 6.92 Å². The van der Waals surface area contributed by atoms with Gasteiger partial charge in [0.15, 0.2) is 5.16 Å². The normalized spacial score (nSPS) is 16.3. The molecule has 0 amide bonds. The summed E-state index contributed by atoms with van der Waals surface area (Å²) in [5.41, 5.74) is 7.88. The third-order valence-corrected chi connectivity index (χ3v) is 8.39. The second kappa shape index (κ2) is 8.98. The molecule has 0 saturated heterocycles. The van der Waals surface area contributed by atoms with E-state index in [1.807, 2.05) is 11.5 Å². The molecular weight excluding hydrogens is 424 g/mol. The van der Waals surface area contributed by atoms with Crippen molar-refractivity contribution in [1.29, 1.82) is 0 Å². The molecule has 5 rings (SSSR count). The van der Waals surface area contributed by atoms with Gasteiger partial charge < -0.3 is 0 Å². The molecule has 0 atom stereocenters. The van der Waals surface area contributed by atoms with Gasteiger partial charge in [0.2, 0.25) is 0 Å². The number of nitrogens with zero attached hydrogens (tertiary/aromatic N) is 2. The quantitative estimate of drug-likeness (QED) is 0.244. The molecule has 1 heterocycles. The van der Waals surface area contributed by atoms with Gasteiger partial charge in [-0.2, -0.15) is 0 Å². The van der Waals surface area contributed by atoms with Gasteiger partial charge in [-0.15, -0.1) is 0 Å². The fraction of sp³-hybridized carbons (Fsp3) is 0.379. The van der Waals surface area contributed by atoms with Crippen LogP contribution < -0.4 is 5.56 Å². The maximum absolute atomic E-state index is 14.3. The minimum atomic E-state index is -0.0847. The van der Waals surface area contributed by atoms with Gasteiger partial charge in [0.1, 0.15) is 0 Å². The molecule has 33 heavy (non-hydrogen) atoms. The topological polar surface area (TPSA) is 34.9 Å². The van der Waals surface area contributed by atoms with E-state index in [0.717, 1.165) is 58.1 Å². The van der Waals surface area contributed by atoms with Crippen molar-refractivity contribution in [3.8, 4) is 11.3 Å². The Morgan fingerprint density at radius 3 is 2.55 bits per heavy atom. The molecule has 170 valence electrons. The van der Waals surface area contributed by atoms with Gasteiger partial charge in [-0.05, 0) is 44.2 Å². The van der Waals surface area contributed by atoms with Crippen LogP contribution in [-0.2, 0) is 18.4 Å². The van der Waals surface area contributed by atoms with Crippen LogP contribution in [0.25, 0.3) is 11.3 Å². The maximum Gasteiger partial charge on any atom is 0.258 e. The highest BCUT2D eigenvalue weighted by atomic mass is 32.2. The Bertz CT molecular complexity index is 1250. The third kappa shape index (κ3) is 4.21. The SMILES string of the molecule is C=C(C)CSc1nc2c(c(=O)n1Cc1ccc(C)cc1)C1(CCCCC1)Cc1ccccc1-2. The summed E-state index contributed by atoms with van der Waals surface area (Å²) in [6.07, 6.45) is 6.74. The molecule has 1 fully saturated rings. The summed E-state index contributed by atoms with van der Waals surface area (Å²) >= 11 is 1.63. The van der Waals surface area contributed by atoms with Gasteiger partial charge >= 0.3 is 0 Å². The first-order valence-electron chi connectivity index (χ1n) is 12.0. The van der Waals surface area contributed by atoms with E-state index in [1.54, 1.807) is 11.8 Å². The second-order valence-electron chi connectivity index (χ2n) is 9.92. The van der Waals surface area contributed by atoms with Crippen molar-refractivity contribution in [2.45, 2.75) is 69.5 Å². The number of benzene rings is 2. The molecule has 1 aromatic heterocycles. The van der Waals surface area contributed by atoms with Gasteiger partial charge in [-0.25, -0.2) is 4.98 Å². The summed E-state index contributed by atoms with van der Waals surface area (Å²) in [5, 5.41) is 0.796. The van der Waals surface area contributed by atoms with Crippen molar-refractivity contribution in [3.05, 3.63) is 93.3 Å². The van der Waals surface area contributed by atoms with E-state index in [0.29, 0.717) is 6.54 Å². The summed E-state index contributed by atoms with van der Waals surface area (Å²) in [5.74, 6) is 0.756. The lowest BCUT2D eigenvalue weighted by molar-refractivity contribution is 0.282. The lowest BCUT2D eigenvalue weighted by Crippen LogP contribution is -2.43. The Morgan fingerprint density at radius 1 is 1.09 bits per heavy atom. The monoisotopic (exact) mass is 456 g/mol. The molecule has 4 heteroatoms. The molecular formula is C29H32N2OS. The number of hydrogen-bond donors (Lipinski definition) is 0. The highest BCUT2D eigenvalue weighted by Crippen LogP contribution is 2.48. The summed E-state index contributed by atoms with van der Waals surface area (Å²) < 4.78 is 1.93. The fourth-order valence-electron chi connectivity index (χ4n) is 5.54. The summed E-state index contributed by atoms with van der Waals surface area (Å²) in [4.78, 5) is 19.6. The molecule has 2 aliphatic rings. The van der Waals surface area contributed by atoms with Gasteiger partial charge in [0.25, 0.3) is 5.56 Å². The van der Waals surface area contributed by atoms with Crippen molar-refractivity contribution in [3.63, 3.8) is 0 Å². The predicted molar refractivity (Wildman–Crippen MR) is 138 cm³/mol. The number of thioether (sulfide) groups is 1. The van der Waals surface area contributed by atoms with Crippen molar-refractivity contribution >= 4 is 11.8 Å². The van der Waals surface area contributed by atoms with E-state index in [2.05, 4.69) is 62.0 Å². The highest BCUT2D eigenvalue weighted by Gasteiger charge is 2.43. The summed E-state index contributed by atoms with van der Waals surface area (Å²) in [6.45, 7) is 8.74. The zero-order chi connectivity index (χ0) is 23.0. The van der Waals surface area contributed by atoms with Crippen LogP contribution in [0.2, 0.25) is 0 Å². The smallest absolute Gasteiger partial charge is 0.258 e. The minimum absolute atomic E-state index is 0.0847. The average molecular weight is 457 g/mol. The van der Waals surface area contributed by atoms with E-state index in [4.69, 9.17) is 4.98 Å². The summed E-state index contributed by atoms with van der Waals surface area (Å²) in [6, 6.07) is 17.1. The van der Waals surface area contributed by atoms with Crippen LogP contribution in [-0.4, -0.2) is 15.3 Å². The van der Waals surface area contributed by atoms with Crippen molar-refractivity contribution in [2.24, 2.45) is 0 Å². The number of aryl methyl sites for hydroxylation is 1. The molecule has 3 aromatic rings. The van der Waals surface area contributed by atoms with Crippen molar-refractivity contribution in [1.82, 2.24) is 9.55 Å². The molecule has 0 aliphatic heterocycles. The zero-order valence-corrected chi connectivity index (χ0v) is 20.5. The van der Waals surface area contributed by atoms with Gasteiger partial charge in [-0.3, -0.25) is 9.36 Å². The van der Waals surface area contributed by atoms with Gasteiger partial charge in [0.05, 0.1) is 17.8 Å². The molecule has 0 bridgehead atoms. The largest absolute Gasteiger partial charge is 0.283 e. The van der Waals surface area contributed by atoms with E-state index in [9.17, 15) is 4.79 Å². The van der Waals surface area contributed by atoms with E-state index >= 15 is 0 Å². The maximum atomic E-state index is 14.3. The first-order valence-corrected chi connectivity index (χ1v) is 13.0. The van der Waals surface area contributed by atoms with Crippen molar-refractivity contribution in [2.75, 3.05) is 5.75 Å². The Kier molecular flexibility index (Phi) is 6.05. The van der Waals surface area contributed by atoms with Crippen LogP contribution in [0.4, 0.5) is 0 Å². The fourth-order valence-corrected chi connectivity index (χ4v) is 6.37. The number of rotatable bonds is 5. The number of fused-ring (bicyclic) bond motifs is 4. The van der Waals surface area contributed by atoms with Gasteiger partial charge in [0, 0.05) is 16.7 Å². The Hall–Kier alpha value is -2.59. The van der Waals surface area contributed by atoms with Gasteiger partial charge in [-0.1, -0.05) is 97.3 Å². The van der Waals surface area contributed by atoms with Crippen LogP contribution in [0.15, 0.2) is 70.6 Å². The van der Waals surface area contributed by atoms with E-state index < -0.39 is 0 Å². The lowest BCUT2D eigenvalue weighted by atomic mass is 9.62. The molecule has 1 spiro atoms. The average Bonchev–Trinajstić information content (AvgIpc) is 2.81. The van der Waals surface area contributed by atoms with Crippen LogP contribution >= 0.6 is 11.8 Å². The number of hydrogen-bond acceptors (Lipinski definition) is 3. The molecule has 2 aromatic carbocycles. The standard InChI is InChI=1S/C29H32N2OS/c1-20(2)19-33-28-30-26-24-10-6-5-9-23(24)17-29(15-7-4-8-16-29)25(26)27(32)31(28)18-22-13-11-21(3)12-14-22/h5-6,9-14H,1,4,7-8,15-19H2,2-3H3. The molecule has 2 aliphatic carbocycles. The van der Waals surface area contributed by atoms with E-state index in [-0.39, 0.29) is 11.0 Å². The summed E-state index contributed by atoms with van der Waals surface area (Å²) in [7, 11) is 0.